The Bertz CT molecular complexity index is 1240. The predicted molar refractivity (Wildman–Crippen MR) is 114 cm³/mol. The number of non-ortho nitro benzene ring substituents is 1. The number of nitro benzene ring substituents is 1. The van der Waals surface area contributed by atoms with Gasteiger partial charge >= 0.3 is 0 Å². The van der Waals surface area contributed by atoms with E-state index in [9.17, 15) is 14.9 Å². The summed E-state index contributed by atoms with van der Waals surface area (Å²) in [6, 6.07) is 14.8. The third-order valence-electron chi connectivity index (χ3n) is 4.46. The molecule has 0 aliphatic rings. The van der Waals surface area contributed by atoms with Crippen molar-refractivity contribution in [2.45, 2.75) is 6.92 Å². The standard InChI is InChI=1S/C22H17N5O4/c1-15-11-17(4-9-21(15)31-20-3-2-10-23-13-20)25-22(28)16-12-24-26(14-16)18-5-7-19(8-6-18)27(29)30/h2-14H,1H3,(H,25,28). The molecule has 31 heavy (non-hydrogen) atoms. The number of nitrogens with zero attached hydrogens (tertiary/aromatic N) is 4. The van der Waals surface area contributed by atoms with Gasteiger partial charge in [-0.3, -0.25) is 19.9 Å². The number of pyridine rings is 1. The van der Waals surface area contributed by atoms with Gasteiger partial charge in [0.2, 0.25) is 0 Å². The van der Waals surface area contributed by atoms with Crippen LogP contribution < -0.4 is 10.1 Å². The zero-order chi connectivity index (χ0) is 21.8. The molecule has 2 aromatic heterocycles. The van der Waals surface area contributed by atoms with Crippen LogP contribution in [0.3, 0.4) is 0 Å². The Labute approximate surface area is 177 Å². The van der Waals surface area contributed by atoms with Crippen LogP contribution in [0.25, 0.3) is 5.69 Å². The highest BCUT2D eigenvalue weighted by Crippen LogP contribution is 2.27. The second-order valence-electron chi connectivity index (χ2n) is 6.67. The largest absolute Gasteiger partial charge is 0.455 e. The molecule has 2 heterocycles. The monoisotopic (exact) mass is 415 g/mol. The van der Waals surface area contributed by atoms with E-state index < -0.39 is 4.92 Å². The fraction of sp³-hybridized carbons (Fsp3) is 0.0455. The molecule has 154 valence electrons. The first-order valence-electron chi connectivity index (χ1n) is 9.29. The zero-order valence-corrected chi connectivity index (χ0v) is 16.4. The molecule has 0 radical (unpaired) electrons. The van der Waals surface area contributed by atoms with E-state index in [-0.39, 0.29) is 11.6 Å². The molecule has 0 aliphatic heterocycles. The lowest BCUT2D eigenvalue weighted by atomic mass is 10.2. The van der Waals surface area contributed by atoms with Gasteiger partial charge in [0.1, 0.15) is 11.5 Å². The van der Waals surface area contributed by atoms with Crippen LogP contribution in [-0.2, 0) is 0 Å². The Morgan fingerprint density at radius 3 is 2.61 bits per heavy atom. The van der Waals surface area contributed by atoms with Gasteiger partial charge in [0.25, 0.3) is 11.6 Å². The minimum Gasteiger partial charge on any atom is -0.455 e. The Morgan fingerprint density at radius 2 is 1.94 bits per heavy atom. The van der Waals surface area contributed by atoms with Gasteiger partial charge in [0.15, 0.2) is 0 Å². The molecule has 0 saturated carbocycles. The molecule has 0 aliphatic carbocycles. The van der Waals surface area contributed by atoms with Crippen LogP contribution in [0, 0.1) is 17.0 Å². The number of anilines is 1. The van der Waals surface area contributed by atoms with Crippen LogP contribution in [0.2, 0.25) is 0 Å². The fourth-order valence-corrected chi connectivity index (χ4v) is 2.89. The minimum absolute atomic E-state index is 0.0137. The number of ether oxygens (including phenoxy) is 1. The number of aryl methyl sites for hydroxylation is 1. The number of hydrogen-bond donors (Lipinski definition) is 1. The van der Waals surface area contributed by atoms with Gasteiger partial charge in [-0.2, -0.15) is 5.10 Å². The second kappa shape index (κ2) is 8.46. The molecule has 4 rings (SSSR count). The third kappa shape index (κ3) is 4.56. The molecule has 4 aromatic rings. The molecular formula is C22H17N5O4. The fourth-order valence-electron chi connectivity index (χ4n) is 2.89. The van der Waals surface area contributed by atoms with Crippen LogP contribution in [-0.4, -0.2) is 25.6 Å². The molecule has 0 unspecified atom stereocenters. The van der Waals surface area contributed by atoms with Crippen LogP contribution in [0.4, 0.5) is 11.4 Å². The van der Waals surface area contributed by atoms with E-state index in [2.05, 4.69) is 15.4 Å². The summed E-state index contributed by atoms with van der Waals surface area (Å²) in [5.74, 6) is 0.964. The quantitative estimate of drug-likeness (QED) is 0.366. The minimum atomic E-state index is -0.471. The molecule has 0 saturated heterocycles. The molecule has 9 nitrogen and oxygen atoms in total. The molecule has 0 bridgehead atoms. The topological polar surface area (TPSA) is 112 Å². The second-order valence-corrected chi connectivity index (χ2v) is 6.67. The highest BCUT2D eigenvalue weighted by molar-refractivity contribution is 6.04. The third-order valence-corrected chi connectivity index (χ3v) is 4.46. The lowest BCUT2D eigenvalue weighted by Crippen LogP contribution is -2.11. The molecule has 0 spiro atoms. The van der Waals surface area contributed by atoms with Gasteiger partial charge < -0.3 is 10.1 Å². The molecule has 1 N–H and O–H groups in total. The number of aromatic nitrogens is 3. The number of nitro groups is 1. The van der Waals surface area contributed by atoms with Gasteiger partial charge in [-0.25, -0.2) is 4.68 Å². The van der Waals surface area contributed by atoms with Crippen LogP contribution in [0.5, 0.6) is 11.5 Å². The Morgan fingerprint density at radius 1 is 1.13 bits per heavy atom. The molecule has 0 fully saturated rings. The first-order valence-corrected chi connectivity index (χ1v) is 9.29. The van der Waals surface area contributed by atoms with Gasteiger partial charge in [-0.05, 0) is 55.0 Å². The van der Waals surface area contributed by atoms with E-state index in [0.717, 1.165) is 5.56 Å². The Kier molecular flexibility index (Phi) is 5.39. The van der Waals surface area contributed by atoms with Crippen molar-refractivity contribution < 1.29 is 14.5 Å². The summed E-state index contributed by atoms with van der Waals surface area (Å²) >= 11 is 0. The van der Waals surface area contributed by atoms with E-state index >= 15 is 0 Å². The summed E-state index contributed by atoms with van der Waals surface area (Å²) in [4.78, 5) is 26.9. The van der Waals surface area contributed by atoms with Crippen molar-refractivity contribution in [3.05, 3.63) is 101 Å². The van der Waals surface area contributed by atoms with Crippen LogP contribution in [0.1, 0.15) is 15.9 Å². The first-order chi connectivity index (χ1) is 15.0. The van der Waals surface area contributed by atoms with E-state index in [1.165, 1.54) is 23.0 Å². The van der Waals surface area contributed by atoms with Gasteiger partial charge in [0.05, 0.1) is 28.6 Å². The van der Waals surface area contributed by atoms with E-state index in [1.807, 2.05) is 19.1 Å². The predicted octanol–water partition coefficient (Wildman–Crippen LogP) is 4.53. The highest BCUT2D eigenvalue weighted by atomic mass is 16.6. The number of benzene rings is 2. The summed E-state index contributed by atoms with van der Waals surface area (Å²) in [7, 11) is 0. The van der Waals surface area contributed by atoms with Crippen LogP contribution in [0.15, 0.2) is 79.4 Å². The van der Waals surface area contributed by atoms with Crippen molar-refractivity contribution in [1.29, 1.82) is 0 Å². The lowest BCUT2D eigenvalue weighted by molar-refractivity contribution is -0.384. The molecule has 1 amide bonds. The van der Waals surface area contributed by atoms with E-state index in [4.69, 9.17) is 4.74 Å². The molecule has 2 aromatic carbocycles. The summed E-state index contributed by atoms with van der Waals surface area (Å²) in [5, 5.41) is 17.8. The van der Waals surface area contributed by atoms with Gasteiger partial charge in [-0.1, -0.05) is 0 Å². The smallest absolute Gasteiger partial charge is 0.269 e. The SMILES string of the molecule is Cc1cc(NC(=O)c2cnn(-c3ccc([N+](=O)[O-])cc3)c2)ccc1Oc1cccnc1. The number of rotatable bonds is 6. The highest BCUT2D eigenvalue weighted by Gasteiger charge is 2.12. The van der Waals surface area contributed by atoms with Crippen molar-refractivity contribution in [3.8, 4) is 17.2 Å². The Balaban J connectivity index is 1.45. The van der Waals surface area contributed by atoms with Gasteiger partial charge in [-0.15, -0.1) is 0 Å². The van der Waals surface area contributed by atoms with Crippen molar-refractivity contribution in [2.75, 3.05) is 5.32 Å². The van der Waals surface area contributed by atoms with Gasteiger partial charge in [0, 0.05) is 30.2 Å². The van der Waals surface area contributed by atoms with E-state index in [1.54, 1.807) is 48.9 Å². The average Bonchev–Trinajstić information content (AvgIpc) is 3.27. The summed E-state index contributed by atoms with van der Waals surface area (Å²) in [5.41, 5.74) is 2.41. The number of carbonyl (C=O) groups excluding carboxylic acids is 1. The number of carbonyl (C=O) groups is 1. The first kappa shape index (κ1) is 19.8. The van der Waals surface area contributed by atoms with Crippen molar-refractivity contribution in [1.82, 2.24) is 14.8 Å². The summed E-state index contributed by atoms with van der Waals surface area (Å²) in [6.45, 7) is 1.88. The number of amides is 1. The molecular weight excluding hydrogens is 398 g/mol. The maximum atomic E-state index is 12.6. The maximum absolute atomic E-state index is 12.6. The molecule has 0 atom stereocenters. The Hall–Kier alpha value is -4.53. The van der Waals surface area contributed by atoms with Crippen molar-refractivity contribution in [3.63, 3.8) is 0 Å². The van der Waals surface area contributed by atoms with Crippen molar-refractivity contribution in [2.24, 2.45) is 0 Å². The average molecular weight is 415 g/mol. The maximum Gasteiger partial charge on any atom is 0.269 e. The number of hydrogen-bond acceptors (Lipinski definition) is 6. The number of nitrogens with one attached hydrogen (secondary N) is 1. The normalized spacial score (nSPS) is 10.5. The lowest BCUT2D eigenvalue weighted by Gasteiger charge is -2.10. The summed E-state index contributed by atoms with van der Waals surface area (Å²) < 4.78 is 7.28. The zero-order valence-electron chi connectivity index (χ0n) is 16.4. The van der Waals surface area contributed by atoms with Crippen LogP contribution >= 0.6 is 0 Å². The molecule has 9 heteroatoms. The van der Waals surface area contributed by atoms with E-state index in [0.29, 0.717) is 28.4 Å². The summed E-state index contributed by atoms with van der Waals surface area (Å²) in [6.07, 6.45) is 6.28. The van der Waals surface area contributed by atoms with Crippen molar-refractivity contribution >= 4 is 17.3 Å².